The summed E-state index contributed by atoms with van der Waals surface area (Å²) < 4.78 is 30.2. The molecule has 1 aromatic rings. The second-order valence-corrected chi connectivity index (χ2v) is 4.14. The molecule has 2 N–H and O–H groups in total. The Kier molecular flexibility index (Phi) is 6.45. The number of benzene rings is 1. The van der Waals surface area contributed by atoms with Crippen LogP contribution in [0.5, 0.6) is 5.75 Å². The van der Waals surface area contributed by atoms with Crippen LogP contribution in [-0.4, -0.2) is 39.4 Å². The van der Waals surface area contributed by atoms with E-state index in [0.29, 0.717) is 5.75 Å². The Labute approximate surface area is 112 Å². The summed E-state index contributed by atoms with van der Waals surface area (Å²) in [5.41, 5.74) is 0. The van der Waals surface area contributed by atoms with E-state index in [4.69, 9.17) is 4.74 Å². The number of hydrogen-bond acceptors (Lipinski definition) is 5. The molecule has 0 fully saturated rings. The van der Waals surface area contributed by atoms with Crippen LogP contribution in [0.15, 0.2) is 30.3 Å². The van der Waals surface area contributed by atoms with Crippen molar-refractivity contribution in [1.82, 2.24) is 0 Å². The van der Waals surface area contributed by atoms with Gasteiger partial charge in [0.1, 0.15) is 5.75 Å². The average molecular weight is 253 g/mol. The van der Waals surface area contributed by atoms with E-state index >= 15 is 0 Å². The van der Waals surface area contributed by atoms with Gasteiger partial charge in [0.05, 0.1) is 0 Å². The molecule has 17 heavy (non-hydrogen) atoms. The van der Waals surface area contributed by atoms with Crippen LogP contribution in [0, 0.1) is 0 Å². The van der Waals surface area contributed by atoms with Gasteiger partial charge in [-0.05, 0) is 19.1 Å². The molecule has 1 aromatic carbocycles. The molecule has 0 amide bonds. The average Bonchev–Trinajstić information content (AvgIpc) is 2.16. The van der Waals surface area contributed by atoms with Crippen LogP contribution >= 0.6 is 0 Å². The Morgan fingerprint density at radius 3 is 2.29 bits per heavy atom. The van der Waals surface area contributed by atoms with Gasteiger partial charge < -0.3 is 4.74 Å². The summed E-state index contributed by atoms with van der Waals surface area (Å²) >= 11 is 0. The molecule has 0 aromatic heterocycles. The SMILES string of the molecule is CC(OS(N)(=O)=O)C(=O)Oc1ccccc1.[LiH]. The van der Waals surface area contributed by atoms with Gasteiger partial charge in [-0.15, -0.1) is 0 Å². The van der Waals surface area contributed by atoms with E-state index in [1.54, 1.807) is 30.3 Å². The second-order valence-electron chi connectivity index (χ2n) is 2.97. The molecule has 0 aliphatic heterocycles. The quantitative estimate of drug-likeness (QED) is 0.445. The third kappa shape index (κ3) is 6.46. The zero-order valence-corrected chi connectivity index (χ0v) is 9.31. The monoisotopic (exact) mass is 253 g/mol. The predicted octanol–water partition coefficient (Wildman–Crippen LogP) is -0.448. The first-order chi connectivity index (χ1) is 7.38. The Morgan fingerprint density at radius 2 is 1.82 bits per heavy atom. The third-order valence-electron chi connectivity index (χ3n) is 1.57. The van der Waals surface area contributed by atoms with Crippen LogP contribution in [-0.2, 0) is 19.3 Å². The summed E-state index contributed by atoms with van der Waals surface area (Å²) in [4.78, 5) is 11.3. The summed E-state index contributed by atoms with van der Waals surface area (Å²) in [6, 6.07) is 8.21. The molecule has 90 valence electrons. The van der Waals surface area contributed by atoms with E-state index in [9.17, 15) is 13.2 Å². The fourth-order valence-corrected chi connectivity index (χ4v) is 1.41. The van der Waals surface area contributed by atoms with Crippen molar-refractivity contribution in [3.05, 3.63) is 30.3 Å². The van der Waals surface area contributed by atoms with Gasteiger partial charge in [0, 0.05) is 0 Å². The predicted molar refractivity (Wildman–Crippen MR) is 62.9 cm³/mol. The van der Waals surface area contributed by atoms with E-state index in [1.807, 2.05) is 0 Å². The number of esters is 1. The minimum absolute atomic E-state index is 0. The topological polar surface area (TPSA) is 95.7 Å². The molecule has 8 heteroatoms. The first-order valence-corrected chi connectivity index (χ1v) is 5.83. The number of carbonyl (C=O) groups is 1. The van der Waals surface area contributed by atoms with Crippen molar-refractivity contribution < 1.29 is 22.1 Å². The van der Waals surface area contributed by atoms with Crippen molar-refractivity contribution in [3.8, 4) is 5.75 Å². The molecule has 1 atom stereocenters. The summed E-state index contributed by atoms with van der Waals surface area (Å²) in [5, 5.41) is 4.61. The van der Waals surface area contributed by atoms with E-state index < -0.39 is 22.4 Å². The van der Waals surface area contributed by atoms with Crippen molar-refractivity contribution >= 4 is 35.1 Å². The summed E-state index contributed by atoms with van der Waals surface area (Å²) in [7, 11) is -4.16. The van der Waals surface area contributed by atoms with Crippen molar-refractivity contribution in [2.75, 3.05) is 0 Å². The summed E-state index contributed by atoms with van der Waals surface area (Å²) in [6.45, 7) is 1.23. The molecular weight excluding hydrogens is 241 g/mol. The van der Waals surface area contributed by atoms with Crippen molar-refractivity contribution in [3.63, 3.8) is 0 Å². The standard InChI is InChI=1S/C9H11NO5S.Li.H/c1-7(15-16(10,12)13)9(11)14-8-5-3-2-4-6-8;;/h2-7H,1H3,(H2,10,12,13);;. The van der Waals surface area contributed by atoms with Gasteiger partial charge in [-0.3, -0.25) is 0 Å². The van der Waals surface area contributed by atoms with Crippen molar-refractivity contribution in [2.24, 2.45) is 5.14 Å². The molecule has 0 saturated carbocycles. The molecule has 6 nitrogen and oxygen atoms in total. The Balaban J connectivity index is 0.00000256. The molecule has 0 radical (unpaired) electrons. The maximum absolute atomic E-state index is 11.3. The molecule has 0 aliphatic rings. The van der Waals surface area contributed by atoms with E-state index in [1.165, 1.54) is 6.92 Å². The maximum atomic E-state index is 11.3. The van der Waals surface area contributed by atoms with Gasteiger partial charge in [0.25, 0.3) is 0 Å². The first kappa shape index (κ1) is 16.2. The van der Waals surface area contributed by atoms with Gasteiger partial charge in [-0.25, -0.2) is 14.1 Å². The first-order valence-electron chi connectivity index (χ1n) is 4.36. The Bertz CT molecular complexity index is 462. The van der Waals surface area contributed by atoms with Gasteiger partial charge in [0.15, 0.2) is 6.10 Å². The van der Waals surface area contributed by atoms with Gasteiger partial charge in [-0.1, -0.05) is 18.2 Å². The number of rotatable bonds is 4. The van der Waals surface area contributed by atoms with E-state index in [2.05, 4.69) is 9.32 Å². The summed E-state index contributed by atoms with van der Waals surface area (Å²) in [5.74, 6) is -0.530. The zero-order chi connectivity index (χ0) is 12.2. The fourth-order valence-electron chi connectivity index (χ4n) is 0.928. The third-order valence-corrected chi connectivity index (χ3v) is 2.13. The van der Waals surface area contributed by atoms with Crippen LogP contribution < -0.4 is 9.88 Å². The molecule has 0 bridgehead atoms. The van der Waals surface area contributed by atoms with Crippen molar-refractivity contribution in [1.29, 1.82) is 0 Å². The van der Waals surface area contributed by atoms with E-state index in [-0.39, 0.29) is 18.9 Å². The van der Waals surface area contributed by atoms with Crippen LogP contribution in [0.3, 0.4) is 0 Å². The molecule has 0 aliphatic carbocycles. The fraction of sp³-hybridized carbons (Fsp3) is 0.222. The van der Waals surface area contributed by atoms with Gasteiger partial charge in [-0.2, -0.15) is 8.42 Å². The Morgan fingerprint density at radius 1 is 1.29 bits per heavy atom. The number of hydrogen-bond donors (Lipinski definition) is 1. The number of ether oxygens (including phenoxy) is 1. The van der Waals surface area contributed by atoms with E-state index in [0.717, 1.165) is 0 Å². The molecule has 0 heterocycles. The van der Waals surface area contributed by atoms with Crippen LogP contribution in [0.4, 0.5) is 0 Å². The Hall–Kier alpha value is -0.843. The van der Waals surface area contributed by atoms with Crippen molar-refractivity contribution in [2.45, 2.75) is 13.0 Å². The number of para-hydroxylation sites is 1. The van der Waals surface area contributed by atoms with Crippen LogP contribution in [0.1, 0.15) is 6.92 Å². The number of nitrogens with two attached hydrogens (primary N) is 1. The molecule has 1 unspecified atom stereocenters. The molecule has 0 saturated heterocycles. The number of carbonyl (C=O) groups excluding carboxylic acids is 1. The van der Waals surface area contributed by atoms with Gasteiger partial charge >= 0.3 is 35.1 Å². The molecule has 1 rings (SSSR count). The second kappa shape index (κ2) is 6.79. The van der Waals surface area contributed by atoms with Crippen LogP contribution in [0.25, 0.3) is 0 Å². The normalized spacial score (nSPS) is 12.4. The molecule has 0 spiro atoms. The zero-order valence-electron chi connectivity index (χ0n) is 8.49. The van der Waals surface area contributed by atoms with Gasteiger partial charge in [0.2, 0.25) is 0 Å². The minimum atomic E-state index is -4.16. The van der Waals surface area contributed by atoms with Crippen LogP contribution in [0.2, 0.25) is 0 Å². The molecular formula is C9H12LiNO5S. The summed E-state index contributed by atoms with van der Waals surface area (Å²) in [6.07, 6.45) is -1.28.